The average molecular weight is 225 g/mol. The predicted octanol–water partition coefficient (Wildman–Crippen LogP) is 2.89. The van der Waals surface area contributed by atoms with Gasteiger partial charge in [-0.1, -0.05) is 0 Å². The van der Waals surface area contributed by atoms with Gasteiger partial charge in [-0.2, -0.15) is 0 Å². The van der Waals surface area contributed by atoms with Crippen molar-refractivity contribution in [3.8, 4) is 11.5 Å². The van der Waals surface area contributed by atoms with Crippen LogP contribution in [-0.2, 0) is 0 Å². The van der Waals surface area contributed by atoms with Crippen molar-refractivity contribution in [2.45, 2.75) is 6.43 Å². The fourth-order valence-corrected chi connectivity index (χ4v) is 1.44. The average Bonchev–Trinajstić information content (AvgIpc) is 2.27. The molecule has 1 heterocycles. The number of fused-ring (bicyclic) bond motifs is 1. The summed E-state index contributed by atoms with van der Waals surface area (Å²) < 4.78 is 29.9. The van der Waals surface area contributed by atoms with Gasteiger partial charge < -0.3 is 9.84 Å². The molecule has 0 atom stereocenters. The molecule has 0 amide bonds. The van der Waals surface area contributed by atoms with Crippen LogP contribution < -0.4 is 4.74 Å². The van der Waals surface area contributed by atoms with Gasteiger partial charge in [-0.15, -0.1) is 0 Å². The highest BCUT2D eigenvalue weighted by atomic mass is 19.3. The number of benzene rings is 1. The number of ether oxygens (including phenoxy) is 1. The van der Waals surface area contributed by atoms with Crippen molar-refractivity contribution in [3.63, 3.8) is 0 Å². The zero-order valence-electron chi connectivity index (χ0n) is 8.45. The van der Waals surface area contributed by atoms with Gasteiger partial charge in [0.1, 0.15) is 17.2 Å². The SMILES string of the molecule is COc1ccc2cc(O)c(C(F)F)nc2c1. The van der Waals surface area contributed by atoms with Crippen LogP contribution in [0.1, 0.15) is 12.1 Å². The number of nitrogens with zero attached hydrogens (tertiary/aromatic N) is 1. The number of halogens is 2. The van der Waals surface area contributed by atoms with Gasteiger partial charge >= 0.3 is 0 Å². The molecule has 0 saturated carbocycles. The molecule has 16 heavy (non-hydrogen) atoms. The van der Waals surface area contributed by atoms with Crippen LogP contribution in [0.2, 0.25) is 0 Å². The molecule has 84 valence electrons. The number of aromatic nitrogens is 1. The summed E-state index contributed by atoms with van der Waals surface area (Å²) in [5, 5.41) is 9.92. The second kappa shape index (κ2) is 3.92. The Kier molecular flexibility index (Phi) is 2.60. The summed E-state index contributed by atoms with van der Waals surface area (Å²) in [6, 6.07) is 6.13. The summed E-state index contributed by atoms with van der Waals surface area (Å²) in [5.74, 6) is 0.0403. The van der Waals surface area contributed by atoms with Crippen LogP contribution in [-0.4, -0.2) is 17.2 Å². The maximum Gasteiger partial charge on any atom is 0.284 e. The van der Waals surface area contributed by atoms with E-state index in [0.29, 0.717) is 16.7 Å². The lowest BCUT2D eigenvalue weighted by molar-refractivity contribution is 0.142. The molecule has 1 N–H and O–H groups in total. The van der Waals surface area contributed by atoms with Crippen LogP contribution in [0.3, 0.4) is 0 Å². The van der Waals surface area contributed by atoms with Crippen LogP contribution in [0.5, 0.6) is 11.5 Å². The maximum atomic E-state index is 12.5. The van der Waals surface area contributed by atoms with E-state index in [1.165, 1.54) is 13.2 Å². The first kappa shape index (κ1) is 10.6. The quantitative estimate of drug-likeness (QED) is 0.854. The van der Waals surface area contributed by atoms with Crippen LogP contribution in [0.15, 0.2) is 24.3 Å². The minimum Gasteiger partial charge on any atom is -0.506 e. The Bertz CT molecular complexity index is 529. The van der Waals surface area contributed by atoms with E-state index in [1.807, 2.05) is 0 Å². The largest absolute Gasteiger partial charge is 0.506 e. The first-order valence-corrected chi connectivity index (χ1v) is 4.57. The van der Waals surface area contributed by atoms with Crippen molar-refractivity contribution in [1.29, 1.82) is 0 Å². The fourth-order valence-electron chi connectivity index (χ4n) is 1.44. The van der Waals surface area contributed by atoms with E-state index in [2.05, 4.69) is 4.98 Å². The second-order valence-corrected chi connectivity index (χ2v) is 3.25. The number of alkyl halides is 2. The summed E-state index contributed by atoms with van der Waals surface area (Å²) in [5.41, 5.74) is -0.242. The Morgan fingerprint density at radius 2 is 2.06 bits per heavy atom. The minimum absolute atomic E-state index is 0.368. The molecule has 2 aromatic rings. The van der Waals surface area contributed by atoms with Gasteiger partial charge in [0.05, 0.1) is 12.6 Å². The zero-order chi connectivity index (χ0) is 11.7. The third kappa shape index (κ3) is 1.76. The predicted molar refractivity (Wildman–Crippen MR) is 54.9 cm³/mol. The maximum absolute atomic E-state index is 12.5. The third-order valence-electron chi connectivity index (χ3n) is 2.24. The summed E-state index contributed by atoms with van der Waals surface area (Å²) in [6.45, 7) is 0. The Balaban J connectivity index is 2.65. The van der Waals surface area contributed by atoms with Crippen molar-refractivity contribution in [1.82, 2.24) is 4.98 Å². The van der Waals surface area contributed by atoms with Crippen LogP contribution in [0, 0.1) is 0 Å². The summed E-state index contributed by atoms with van der Waals surface area (Å²) >= 11 is 0. The number of methoxy groups -OCH3 is 1. The Labute approximate surface area is 90.3 Å². The van der Waals surface area contributed by atoms with Gasteiger partial charge in [0.25, 0.3) is 6.43 Å². The monoisotopic (exact) mass is 225 g/mol. The van der Waals surface area contributed by atoms with Gasteiger partial charge in [0.2, 0.25) is 0 Å². The van der Waals surface area contributed by atoms with Crippen molar-refractivity contribution in [2.75, 3.05) is 7.11 Å². The molecule has 1 aromatic heterocycles. The number of aromatic hydroxyl groups is 1. The van der Waals surface area contributed by atoms with E-state index in [-0.39, 0.29) is 0 Å². The lowest BCUT2D eigenvalue weighted by Gasteiger charge is -2.06. The van der Waals surface area contributed by atoms with Crippen LogP contribution in [0.25, 0.3) is 10.9 Å². The van der Waals surface area contributed by atoms with Gasteiger partial charge in [0, 0.05) is 11.5 Å². The third-order valence-corrected chi connectivity index (χ3v) is 2.24. The van der Waals surface area contributed by atoms with Crippen molar-refractivity contribution < 1.29 is 18.6 Å². The topological polar surface area (TPSA) is 42.4 Å². The van der Waals surface area contributed by atoms with Crippen molar-refractivity contribution >= 4 is 10.9 Å². The molecule has 1 aromatic carbocycles. The summed E-state index contributed by atoms with van der Waals surface area (Å²) in [4.78, 5) is 3.70. The lowest BCUT2D eigenvalue weighted by Crippen LogP contribution is -1.92. The fraction of sp³-hybridized carbons (Fsp3) is 0.182. The highest BCUT2D eigenvalue weighted by Crippen LogP contribution is 2.30. The van der Waals surface area contributed by atoms with E-state index in [0.717, 1.165) is 0 Å². The standard InChI is InChI=1S/C11H9F2NO2/c1-16-7-3-2-6-4-9(15)10(11(12)13)14-8(6)5-7/h2-5,11,15H,1H3. The molecule has 0 fully saturated rings. The van der Waals surface area contributed by atoms with E-state index < -0.39 is 17.9 Å². The number of rotatable bonds is 2. The van der Waals surface area contributed by atoms with E-state index in [9.17, 15) is 13.9 Å². The summed E-state index contributed by atoms with van der Waals surface area (Å²) in [6.07, 6.45) is -2.80. The zero-order valence-corrected chi connectivity index (χ0v) is 8.45. The van der Waals surface area contributed by atoms with E-state index >= 15 is 0 Å². The second-order valence-electron chi connectivity index (χ2n) is 3.25. The number of hydrogen-bond acceptors (Lipinski definition) is 3. The lowest BCUT2D eigenvalue weighted by atomic mass is 10.2. The highest BCUT2D eigenvalue weighted by molar-refractivity contribution is 5.81. The summed E-state index contributed by atoms with van der Waals surface area (Å²) in [7, 11) is 1.48. The van der Waals surface area contributed by atoms with Crippen LogP contribution in [0.4, 0.5) is 8.78 Å². The van der Waals surface area contributed by atoms with E-state index in [4.69, 9.17) is 4.74 Å². The minimum atomic E-state index is -2.80. The van der Waals surface area contributed by atoms with Crippen LogP contribution >= 0.6 is 0 Å². The number of hydrogen-bond donors (Lipinski definition) is 1. The molecule has 0 saturated heterocycles. The molecule has 0 unspecified atom stereocenters. The normalized spacial score (nSPS) is 11.0. The Morgan fingerprint density at radius 3 is 2.69 bits per heavy atom. The van der Waals surface area contributed by atoms with Gasteiger partial charge in [-0.3, -0.25) is 0 Å². The van der Waals surface area contributed by atoms with Crippen molar-refractivity contribution in [3.05, 3.63) is 30.0 Å². The highest BCUT2D eigenvalue weighted by Gasteiger charge is 2.15. The first-order valence-electron chi connectivity index (χ1n) is 4.57. The molecule has 0 spiro atoms. The smallest absolute Gasteiger partial charge is 0.284 e. The Morgan fingerprint density at radius 1 is 1.31 bits per heavy atom. The van der Waals surface area contributed by atoms with Gasteiger partial charge in [-0.05, 0) is 18.2 Å². The number of pyridine rings is 1. The molecule has 0 aliphatic heterocycles. The molecule has 5 heteroatoms. The van der Waals surface area contributed by atoms with Gasteiger partial charge in [-0.25, -0.2) is 13.8 Å². The Hall–Kier alpha value is -1.91. The van der Waals surface area contributed by atoms with Crippen molar-refractivity contribution in [2.24, 2.45) is 0 Å². The molecule has 2 rings (SSSR count). The van der Waals surface area contributed by atoms with E-state index in [1.54, 1.807) is 18.2 Å². The van der Waals surface area contributed by atoms with Gasteiger partial charge in [0.15, 0.2) is 0 Å². The molecular weight excluding hydrogens is 216 g/mol. The molecule has 0 aliphatic carbocycles. The first-order chi connectivity index (χ1) is 7.61. The molecular formula is C11H9F2NO2. The molecule has 0 radical (unpaired) electrons. The molecule has 0 bridgehead atoms. The molecule has 3 nitrogen and oxygen atoms in total. The molecule has 0 aliphatic rings.